The van der Waals surface area contributed by atoms with Gasteiger partial charge in [0.2, 0.25) is 0 Å². The molecule has 0 bridgehead atoms. The summed E-state index contributed by atoms with van der Waals surface area (Å²) in [6.45, 7) is 4.16. The first-order valence-electron chi connectivity index (χ1n) is 8.47. The van der Waals surface area contributed by atoms with Gasteiger partial charge in [-0.2, -0.15) is 0 Å². The minimum Gasteiger partial charge on any atom is -0.338 e. The fraction of sp³-hybridized carbons (Fsp3) is 0.0909. The van der Waals surface area contributed by atoms with E-state index in [1.165, 1.54) is 11.1 Å². The maximum absolute atomic E-state index is 6.01. The van der Waals surface area contributed by atoms with Gasteiger partial charge in [0, 0.05) is 27.0 Å². The zero-order valence-corrected chi connectivity index (χ0v) is 15.4. The van der Waals surface area contributed by atoms with Crippen molar-refractivity contribution < 1.29 is 0 Å². The molecule has 3 aromatic carbocycles. The number of anilines is 2. The van der Waals surface area contributed by atoms with Crippen molar-refractivity contribution in [3.05, 3.63) is 82.9 Å². The lowest BCUT2D eigenvalue weighted by Gasteiger charge is -2.13. The number of hydrogen-bond acceptors (Lipinski definition) is 3. The van der Waals surface area contributed by atoms with E-state index in [9.17, 15) is 0 Å². The summed E-state index contributed by atoms with van der Waals surface area (Å²) >= 11 is 6.01. The SMILES string of the molecule is Cc1ccc(C)c(Nc2nnc(-c3ccc(Cl)cc3)c3ccccc23)c1. The molecule has 4 rings (SSSR count). The Balaban J connectivity index is 1.84. The number of fused-ring (bicyclic) bond motifs is 1. The first-order valence-corrected chi connectivity index (χ1v) is 8.85. The summed E-state index contributed by atoms with van der Waals surface area (Å²) in [5, 5.41) is 15.2. The molecule has 0 spiro atoms. The normalized spacial score (nSPS) is 10.9. The lowest BCUT2D eigenvalue weighted by molar-refractivity contribution is 1.06. The van der Waals surface area contributed by atoms with Crippen molar-refractivity contribution in [3.8, 4) is 11.3 Å². The van der Waals surface area contributed by atoms with Crippen LogP contribution in [0.25, 0.3) is 22.0 Å². The highest BCUT2D eigenvalue weighted by molar-refractivity contribution is 6.30. The lowest BCUT2D eigenvalue weighted by Crippen LogP contribution is -2.00. The molecule has 26 heavy (non-hydrogen) atoms. The number of nitrogens with one attached hydrogen (secondary N) is 1. The molecule has 1 aromatic heterocycles. The third-order valence-electron chi connectivity index (χ3n) is 4.45. The van der Waals surface area contributed by atoms with Crippen molar-refractivity contribution in [1.82, 2.24) is 10.2 Å². The zero-order valence-electron chi connectivity index (χ0n) is 14.6. The highest BCUT2D eigenvalue weighted by Gasteiger charge is 2.11. The van der Waals surface area contributed by atoms with Crippen LogP contribution in [0.3, 0.4) is 0 Å². The Morgan fingerprint density at radius 2 is 1.54 bits per heavy atom. The van der Waals surface area contributed by atoms with Gasteiger partial charge in [0.05, 0.1) is 0 Å². The van der Waals surface area contributed by atoms with Gasteiger partial charge in [-0.1, -0.05) is 60.1 Å². The average molecular weight is 360 g/mol. The highest BCUT2D eigenvalue weighted by Crippen LogP contribution is 2.32. The van der Waals surface area contributed by atoms with Crippen LogP contribution < -0.4 is 5.32 Å². The van der Waals surface area contributed by atoms with E-state index < -0.39 is 0 Å². The van der Waals surface area contributed by atoms with Crippen molar-refractivity contribution >= 4 is 33.9 Å². The van der Waals surface area contributed by atoms with Crippen molar-refractivity contribution in [2.75, 3.05) is 5.32 Å². The Morgan fingerprint density at radius 3 is 2.31 bits per heavy atom. The van der Waals surface area contributed by atoms with E-state index in [4.69, 9.17) is 11.6 Å². The Morgan fingerprint density at radius 1 is 0.808 bits per heavy atom. The van der Waals surface area contributed by atoms with Crippen molar-refractivity contribution in [3.63, 3.8) is 0 Å². The van der Waals surface area contributed by atoms with Crippen LogP contribution in [0.1, 0.15) is 11.1 Å². The molecule has 0 unspecified atom stereocenters. The third kappa shape index (κ3) is 3.14. The van der Waals surface area contributed by atoms with E-state index >= 15 is 0 Å². The summed E-state index contributed by atoms with van der Waals surface area (Å²) in [6.07, 6.45) is 0. The van der Waals surface area contributed by atoms with Crippen LogP contribution in [0.4, 0.5) is 11.5 Å². The molecule has 0 fully saturated rings. The number of halogens is 1. The van der Waals surface area contributed by atoms with Crippen molar-refractivity contribution in [2.45, 2.75) is 13.8 Å². The molecule has 0 atom stereocenters. The first kappa shape index (κ1) is 16.6. The Bertz CT molecular complexity index is 1090. The van der Waals surface area contributed by atoms with Crippen molar-refractivity contribution in [1.29, 1.82) is 0 Å². The second-order valence-electron chi connectivity index (χ2n) is 6.39. The number of nitrogens with zero attached hydrogens (tertiary/aromatic N) is 2. The third-order valence-corrected chi connectivity index (χ3v) is 4.70. The largest absolute Gasteiger partial charge is 0.338 e. The maximum atomic E-state index is 6.01. The fourth-order valence-electron chi connectivity index (χ4n) is 3.02. The van der Waals surface area contributed by atoms with E-state index in [-0.39, 0.29) is 0 Å². The van der Waals surface area contributed by atoms with Gasteiger partial charge in [0.25, 0.3) is 0 Å². The fourth-order valence-corrected chi connectivity index (χ4v) is 3.14. The van der Waals surface area contributed by atoms with E-state index in [2.05, 4.69) is 59.7 Å². The van der Waals surface area contributed by atoms with Gasteiger partial charge in [-0.3, -0.25) is 0 Å². The summed E-state index contributed by atoms with van der Waals surface area (Å²) in [7, 11) is 0. The van der Waals surface area contributed by atoms with E-state index in [0.29, 0.717) is 5.02 Å². The molecule has 4 heteroatoms. The van der Waals surface area contributed by atoms with Crippen LogP contribution in [0.5, 0.6) is 0 Å². The Hall–Kier alpha value is -2.91. The predicted molar refractivity (Wildman–Crippen MR) is 109 cm³/mol. The maximum Gasteiger partial charge on any atom is 0.161 e. The molecule has 3 nitrogen and oxygen atoms in total. The van der Waals surface area contributed by atoms with Crippen LogP contribution in [0.2, 0.25) is 5.02 Å². The van der Waals surface area contributed by atoms with Crippen LogP contribution >= 0.6 is 11.6 Å². The number of hydrogen-bond donors (Lipinski definition) is 1. The molecular weight excluding hydrogens is 342 g/mol. The number of aryl methyl sites for hydroxylation is 2. The summed E-state index contributed by atoms with van der Waals surface area (Å²) in [5.41, 5.74) is 5.26. The number of benzene rings is 3. The topological polar surface area (TPSA) is 37.8 Å². The molecule has 1 heterocycles. The quantitative estimate of drug-likeness (QED) is 0.465. The molecular formula is C22H18ClN3. The summed E-state index contributed by atoms with van der Waals surface area (Å²) in [5.74, 6) is 0.756. The summed E-state index contributed by atoms with van der Waals surface area (Å²) in [4.78, 5) is 0. The van der Waals surface area contributed by atoms with Crippen LogP contribution in [0.15, 0.2) is 66.7 Å². The van der Waals surface area contributed by atoms with Gasteiger partial charge in [-0.25, -0.2) is 0 Å². The number of rotatable bonds is 3. The minimum absolute atomic E-state index is 0.708. The van der Waals surface area contributed by atoms with Gasteiger partial charge in [-0.15, -0.1) is 10.2 Å². The molecule has 0 radical (unpaired) electrons. The minimum atomic E-state index is 0.708. The molecule has 1 N–H and O–H groups in total. The average Bonchev–Trinajstić information content (AvgIpc) is 2.66. The van der Waals surface area contributed by atoms with E-state index in [0.717, 1.165) is 33.5 Å². The molecule has 0 saturated carbocycles. The van der Waals surface area contributed by atoms with E-state index in [1.54, 1.807) is 0 Å². The molecule has 0 saturated heterocycles. The summed E-state index contributed by atoms with van der Waals surface area (Å²) in [6, 6.07) is 22.2. The zero-order chi connectivity index (χ0) is 18.1. The molecule has 0 aliphatic carbocycles. The molecule has 4 aromatic rings. The molecule has 0 aliphatic rings. The second kappa shape index (κ2) is 6.77. The Kier molecular flexibility index (Phi) is 4.31. The van der Waals surface area contributed by atoms with Gasteiger partial charge >= 0.3 is 0 Å². The van der Waals surface area contributed by atoms with Gasteiger partial charge in [0.1, 0.15) is 5.69 Å². The molecule has 0 amide bonds. The van der Waals surface area contributed by atoms with Crippen LogP contribution in [-0.4, -0.2) is 10.2 Å². The lowest BCUT2D eigenvalue weighted by atomic mass is 10.0. The van der Waals surface area contributed by atoms with Gasteiger partial charge in [-0.05, 0) is 43.2 Å². The van der Waals surface area contributed by atoms with Gasteiger partial charge < -0.3 is 5.32 Å². The van der Waals surface area contributed by atoms with Gasteiger partial charge in [0.15, 0.2) is 5.82 Å². The predicted octanol–water partition coefficient (Wildman–Crippen LogP) is 6.31. The van der Waals surface area contributed by atoms with Crippen LogP contribution in [-0.2, 0) is 0 Å². The Labute approximate surface area is 157 Å². The number of aromatic nitrogens is 2. The molecule has 0 aliphatic heterocycles. The monoisotopic (exact) mass is 359 g/mol. The highest BCUT2D eigenvalue weighted by atomic mass is 35.5. The summed E-state index contributed by atoms with van der Waals surface area (Å²) < 4.78 is 0. The van der Waals surface area contributed by atoms with Crippen LogP contribution in [0, 0.1) is 13.8 Å². The second-order valence-corrected chi connectivity index (χ2v) is 6.83. The molecule has 128 valence electrons. The standard InChI is InChI=1S/C22H18ClN3/c1-14-7-8-15(2)20(13-14)24-22-19-6-4-3-5-18(19)21(25-26-22)16-9-11-17(23)12-10-16/h3-13H,1-2H3,(H,24,26). The van der Waals surface area contributed by atoms with E-state index in [1.807, 2.05) is 36.4 Å². The van der Waals surface area contributed by atoms with Crippen molar-refractivity contribution in [2.24, 2.45) is 0 Å². The first-order chi connectivity index (χ1) is 12.6. The smallest absolute Gasteiger partial charge is 0.161 e.